The summed E-state index contributed by atoms with van der Waals surface area (Å²) >= 11 is 1.25. The third kappa shape index (κ3) is 5.67. The first kappa shape index (κ1) is 22.0. The maximum Gasteiger partial charge on any atom is 0.325 e. The normalized spacial score (nSPS) is 10.3. The number of ether oxygens (including phenoxy) is 1. The van der Waals surface area contributed by atoms with Gasteiger partial charge in [0.1, 0.15) is 5.75 Å². The lowest BCUT2D eigenvalue weighted by Gasteiger charge is -2.13. The molecule has 3 amide bonds. The molecule has 1 heterocycles. The summed E-state index contributed by atoms with van der Waals surface area (Å²) in [5.74, 6) is 0.0504. The Morgan fingerprint density at radius 1 is 1.06 bits per heavy atom. The van der Waals surface area contributed by atoms with Crippen LogP contribution in [0.5, 0.6) is 5.75 Å². The first-order valence-electron chi connectivity index (χ1n) is 9.43. The Labute approximate surface area is 183 Å². The Morgan fingerprint density at radius 3 is 2.58 bits per heavy atom. The summed E-state index contributed by atoms with van der Waals surface area (Å²) in [5, 5.41) is 8.42. The van der Waals surface area contributed by atoms with Crippen molar-refractivity contribution in [3.63, 3.8) is 0 Å². The van der Waals surface area contributed by atoms with Crippen LogP contribution in [0.4, 0.5) is 15.6 Å². The molecular weight excluding hydrogens is 416 g/mol. The maximum absolute atomic E-state index is 13.2. The van der Waals surface area contributed by atoms with Crippen LogP contribution in [0.25, 0.3) is 0 Å². The van der Waals surface area contributed by atoms with Gasteiger partial charge >= 0.3 is 6.03 Å². The first-order valence-corrected chi connectivity index (χ1v) is 10.2. The lowest BCUT2D eigenvalue weighted by atomic mass is 9.99. The second kappa shape index (κ2) is 9.86. The molecule has 8 nitrogen and oxygen atoms in total. The zero-order valence-electron chi connectivity index (χ0n) is 17.3. The number of urea groups is 1. The number of hydrogen-bond donors (Lipinski definition) is 3. The highest BCUT2D eigenvalue weighted by molar-refractivity contribution is 7.15. The number of amides is 3. The van der Waals surface area contributed by atoms with E-state index in [1.54, 1.807) is 42.6 Å². The molecular formula is C22H22N4O4S. The number of aromatic nitrogens is 1. The Kier molecular flexibility index (Phi) is 6.99. The Morgan fingerprint density at radius 2 is 1.84 bits per heavy atom. The fourth-order valence-corrected chi connectivity index (χ4v) is 3.59. The molecule has 2 aromatic carbocycles. The van der Waals surface area contributed by atoms with Crippen LogP contribution >= 0.6 is 11.3 Å². The van der Waals surface area contributed by atoms with Crippen LogP contribution in [0.15, 0.2) is 48.7 Å². The molecule has 9 heteroatoms. The molecule has 0 saturated carbocycles. The molecule has 0 aliphatic heterocycles. The van der Waals surface area contributed by atoms with Crippen LogP contribution in [0, 0.1) is 6.92 Å². The molecule has 0 radical (unpaired) electrons. The summed E-state index contributed by atoms with van der Waals surface area (Å²) in [7, 11) is 1.50. The van der Waals surface area contributed by atoms with E-state index in [4.69, 9.17) is 4.74 Å². The highest BCUT2D eigenvalue weighted by Crippen LogP contribution is 2.26. The monoisotopic (exact) mass is 438 g/mol. The van der Waals surface area contributed by atoms with E-state index in [-0.39, 0.29) is 11.7 Å². The fourth-order valence-electron chi connectivity index (χ4n) is 2.84. The molecule has 0 aliphatic rings. The van der Waals surface area contributed by atoms with E-state index in [1.165, 1.54) is 25.4 Å². The molecule has 0 saturated heterocycles. The minimum Gasteiger partial charge on any atom is -0.496 e. The number of nitrogens with one attached hydrogen (secondary N) is 3. The predicted molar refractivity (Wildman–Crippen MR) is 120 cm³/mol. The molecule has 0 bridgehead atoms. The van der Waals surface area contributed by atoms with E-state index in [2.05, 4.69) is 20.9 Å². The van der Waals surface area contributed by atoms with Crippen molar-refractivity contribution in [2.24, 2.45) is 0 Å². The van der Waals surface area contributed by atoms with Crippen LogP contribution in [-0.2, 0) is 11.3 Å². The van der Waals surface area contributed by atoms with Crippen molar-refractivity contribution >= 4 is 39.9 Å². The van der Waals surface area contributed by atoms with Gasteiger partial charge in [0.2, 0.25) is 5.91 Å². The summed E-state index contributed by atoms with van der Waals surface area (Å²) in [6, 6.07) is 11.6. The molecule has 3 N–H and O–H groups in total. The lowest BCUT2D eigenvalue weighted by molar-refractivity contribution is -0.119. The summed E-state index contributed by atoms with van der Waals surface area (Å²) in [6.07, 6.45) is 1.58. The van der Waals surface area contributed by atoms with E-state index in [9.17, 15) is 14.4 Å². The maximum atomic E-state index is 13.2. The van der Waals surface area contributed by atoms with Gasteiger partial charge in [0, 0.05) is 23.6 Å². The second-order valence-corrected chi connectivity index (χ2v) is 7.81. The van der Waals surface area contributed by atoms with Crippen LogP contribution in [-0.4, -0.2) is 29.8 Å². The number of carbonyl (C=O) groups excluding carboxylic acids is 3. The molecule has 3 aromatic rings. The topological polar surface area (TPSA) is 109 Å². The largest absolute Gasteiger partial charge is 0.496 e. The van der Waals surface area contributed by atoms with Gasteiger partial charge in [-0.1, -0.05) is 35.1 Å². The number of anilines is 2. The number of ketones is 1. The van der Waals surface area contributed by atoms with E-state index >= 15 is 0 Å². The molecule has 0 atom stereocenters. The number of aryl methyl sites for hydroxylation is 1. The quantitative estimate of drug-likeness (QED) is 0.484. The molecule has 1 aromatic heterocycles. The van der Waals surface area contributed by atoms with E-state index in [0.717, 1.165) is 10.4 Å². The van der Waals surface area contributed by atoms with Crippen molar-refractivity contribution in [2.75, 3.05) is 17.7 Å². The van der Waals surface area contributed by atoms with E-state index in [1.807, 2.05) is 13.0 Å². The van der Waals surface area contributed by atoms with Crippen LogP contribution < -0.4 is 20.7 Å². The summed E-state index contributed by atoms with van der Waals surface area (Å²) in [6.45, 7) is 3.64. The van der Waals surface area contributed by atoms with Gasteiger partial charge in [0.15, 0.2) is 10.9 Å². The van der Waals surface area contributed by atoms with Crippen molar-refractivity contribution in [1.82, 2.24) is 10.3 Å². The molecule has 3 rings (SSSR count). The zero-order valence-corrected chi connectivity index (χ0v) is 18.1. The van der Waals surface area contributed by atoms with Gasteiger partial charge in [0.05, 0.1) is 24.9 Å². The third-order valence-corrected chi connectivity index (χ3v) is 5.22. The number of benzene rings is 2. The standard InChI is InChI=1S/C22H22N4O4S/c1-13-8-9-18(17(10-13)20(28)16-6-4-5-7-19(16)30-3)25-21(29)26-22-24-12-15(31-22)11-23-14(2)27/h4-10,12H,11H2,1-3H3,(H,23,27)(H2,24,25,26,29). The van der Waals surface area contributed by atoms with Gasteiger partial charge in [-0.15, -0.1) is 0 Å². The van der Waals surface area contributed by atoms with Crippen molar-refractivity contribution in [1.29, 1.82) is 0 Å². The number of nitrogens with zero attached hydrogens (tertiary/aromatic N) is 1. The van der Waals surface area contributed by atoms with Gasteiger partial charge in [0.25, 0.3) is 0 Å². The molecule has 0 aliphatic carbocycles. The van der Waals surface area contributed by atoms with E-state index < -0.39 is 6.03 Å². The predicted octanol–water partition coefficient (Wildman–Crippen LogP) is 3.97. The number of carbonyl (C=O) groups is 3. The van der Waals surface area contributed by atoms with Gasteiger partial charge in [-0.25, -0.2) is 9.78 Å². The SMILES string of the molecule is COc1ccccc1C(=O)c1cc(C)ccc1NC(=O)Nc1ncc(CNC(C)=O)s1. The number of methoxy groups -OCH3 is 1. The minimum atomic E-state index is -0.529. The Balaban J connectivity index is 1.77. The number of hydrogen-bond acceptors (Lipinski definition) is 6. The Hall–Kier alpha value is -3.72. The third-order valence-electron chi connectivity index (χ3n) is 4.31. The summed E-state index contributed by atoms with van der Waals surface area (Å²) in [5.41, 5.74) is 2.01. The summed E-state index contributed by atoms with van der Waals surface area (Å²) < 4.78 is 5.30. The van der Waals surface area contributed by atoms with Crippen molar-refractivity contribution in [2.45, 2.75) is 20.4 Å². The average molecular weight is 439 g/mol. The van der Waals surface area contributed by atoms with Gasteiger partial charge in [-0.3, -0.25) is 14.9 Å². The van der Waals surface area contributed by atoms with Crippen LogP contribution in [0.3, 0.4) is 0 Å². The van der Waals surface area contributed by atoms with Crippen LogP contribution in [0.1, 0.15) is 33.3 Å². The average Bonchev–Trinajstić information content (AvgIpc) is 3.20. The highest BCUT2D eigenvalue weighted by atomic mass is 32.1. The molecule has 0 fully saturated rings. The first-order chi connectivity index (χ1) is 14.9. The molecule has 0 spiro atoms. The smallest absolute Gasteiger partial charge is 0.325 e. The minimum absolute atomic E-state index is 0.146. The molecule has 0 unspecified atom stereocenters. The van der Waals surface area contributed by atoms with Gasteiger partial charge in [-0.05, 0) is 31.2 Å². The highest BCUT2D eigenvalue weighted by Gasteiger charge is 2.19. The second-order valence-electron chi connectivity index (χ2n) is 6.70. The number of para-hydroxylation sites is 1. The fraction of sp³-hybridized carbons (Fsp3) is 0.182. The van der Waals surface area contributed by atoms with Crippen molar-refractivity contribution < 1.29 is 19.1 Å². The van der Waals surface area contributed by atoms with Crippen molar-refractivity contribution in [3.05, 3.63) is 70.2 Å². The zero-order chi connectivity index (χ0) is 22.4. The van der Waals surface area contributed by atoms with Crippen LogP contribution in [0.2, 0.25) is 0 Å². The van der Waals surface area contributed by atoms with Gasteiger partial charge in [-0.2, -0.15) is 0 Å². The summed E-state index contributed by atoms with van der Waals surface area (Å²) in [4.78, 5) is 41.6. The van der Waals surface area contributed by atoms with Crippen molar-refractivity contribution in [3.8, 4) is 5.75 Å². The molecule has 160 valence electrons. The van der Waals surface area contributed by atoms with E-state index in [0.29, 0.717) is 34.2 Å². The number of thiazole rings is 1. The molecule has 31 heavy (non-hydrogen) atoms. The van der Waals surface area contributed by atoms with Gasteiger partial charge < -0.3 is 15.4 Å². The Bertz CT molecular complexity index is 1130. The lowest BCUT2D eigenvalue weighted by Crippen LogP contribution is -2.21. The number of rotatable bonds is 7.